The monoisotopic (exact) mass is 543 g/mol. The topological polar surface area (TPSA) is 83.2 Å². The molecule has 1 fully saturated rings. The summed E-state index contributed by atoms with van der Waals surface area (Å²) in [7, 11) is 0. The third-order valence-corrected chi connectivity index (χ3v) is 7.44. The first-order valence-corrected chi connectivity index (χ1v) is 13.7. The third-order valence-electron chi connectivity index (χ3n) is 7.44. The van der Waals surface area contributed by atoms with Gasteiger partial charge in [0.1, 0.15) is 11.4 Å². The minimum absolute atomic E-state index is 0.0521. The van der Waals surface area contributed by atoms with Gasteiger partial charge in [0.25, 0.3) is 5.56 Å². The van der Waals surface area contributed by atoms with Gasteiger partial charge in [-0.25, -0.2) is 18.7 Å². The van der Waals surface area contributed by atoms with E-state index in [4.69, 9.17) is 4.74 Å². The van der Waals surface area contributed by atoms with Crippen molar-refractivity contribution < 1.29 is 13.9 Å². The van der Waals surface area contributed by atoms with E-state index in [9.17, 15) is 18.8 Å². The molecule has 0 aliphatic heterocycles. The van der Waals surface area contributed by atoms with Gasteiger partial charge in [-0.1, -0.05) is 42.0 Å². The van der Waals surface area contributed by atoms with Crippen LogP contribution in [0.25, 0.3) is 27.8 Å². The van der Waals surface area contributed by atoms with Gasteiger partial charge in [0.2, 0.25) is 0 Å². The van der Waals surface area contributed by atoms with E-state index in [1.165, 1.54) is 9.13 Å². The maximum atomic E-state index is 14.3. The number of ether oxygens (including phenoxy) is 1. The highest BCUT2D eigenvalue weighted by atomic mass is 19.1. The fraction of sp³-hybridized carbons (Fsp3) is 0.375. The molecule has 8 heteroatoms. The number of hydrogen-bond acceptors (Lipinski definition) is 5. The molecular weight excluding hydrogens is 509 g/mol. The van der Waals surface area contributed by atoms with E-state index >= 15 is 0 Å². The van der Waals surface area contributed by atoms with Crippen LogP contribution < -0.4 is 11.2 Å². The summed E-state index contributed by atoms with van der Waals surface area (Å²) < 4.78 is 22.4. The molecule has 1 aliphatic carbocycles. The van der Waals surface area contributed by atoms with E-state index in [0.29, 0.717) is 37.8 Å². The summed E-state index contributed by atoms with van der Waals surface area (Å²) in [6.45, 7) is 7.54. The first-order chi connectivity index (χ1) is 19.0. The Bertz CT molecular complexity index is 1670. The number of benzene rings is 2. The number of carbonyl (C=O) groups is 1. The third kappa shape index (κ3) is 5.76. The van der Waals surface area contributed by atoms with Crippen LogP contribution in [-0.2, 0) is 9.53 Å². The summed E-state index contributed by atoms with van der Waals surface area (Å²) >= 11 is 0. The maximum absolute atomic E-state index is 14.3. The summed E-state index contributed by atoms with van der Waals surface area (Å²) in [5.74, 6) is -0.762. The quantitative estimate of drug-likeness (QED) is 0.283. The molecule has 5 rings (SSSR count). The van der Waals surface area contributed by atoms with Crippen LogP contribution in [0.5, 0.6) is 0 Å². The molecule has 1 saturated carbocycles. The van der Waals surface area contributed by atoms with Gasteiger partial charge in [0.15, 0.2) is 5.65 Å². The zero-order valence-electron chi connectivity index (χ0n) is 23.3. The minimum Gasteiger partial charge on any atom is -0.460 e. The van der Waals surface area contributed by atoms with Crippen LogP contribution in [0.15, 0.2) is 70.4 Å². The number of pyridine rings is 1. The molecule has 1 aliphatic rings. The van der Waals surface area contributed by atoms with Gasteiger partial charge in [-0.3, -0.25) is 14.2 Å². The maximum Gasteiger partial charge on any atom is 0.337 e. The largest absolute Gasteiger partial charge is 0.460 e. The van der Waals surface area contributed by atoms with Crippen molar-refractivity contribution in [2.24, 2.45) is 5.92 Å². The van der Waals surface area contributed by atoms with Crippen molar-refractivity contribution >= 4 is 17.0 Å². The van der Waals surface area contributed by atoms with Crippen molar-refractivity contribution in [3.05, 3.63) is 93.0 Å². The first kappa shape index (κ1) is 27.5. The predicted octanol–water partition coefficient (Wildman–Crippen LogP) is 6.13. The first-order valence-electron chi connectivity index (χ1n) is 13.7. The summed E-state index contributed by atoms with van der Waals surface area (Å²) in [5.41, 5.74) is 2.09. The van der Waals surface area contributed by atoms with Crippen molar-refractivity contribution in [2.75, 3.05) is 0 Å². The van der Waals surface area contributed by atoms with E-state index in [2.05, 4.69) is 4.98 Å². The molecule has 2 aromatic heterocycles. The molecule has 0 radical (unpaired) electrons. The van der Waals surface area contributed by atoms with Crippen molar-refractivity contribution in [1.29, 1.82) is 0 Å². The van der Waals surface area contributed by atoms with E-state index in [1.54, 1.807) is 6.07 Å². The second-order valence-corrected chi connectivity index (χ2v) is 11.7. The smallest absolute Gasteiger partial charge is 0.337 e. The summed E-state index contributed by atoms with van der Waals surface area (Å²) in [6.07, 6.45) is 3.80. The molecule has 0 unspecified atom stereocenters. The van der Waals surface area contributed by atoms with Crippen molar-refractivity contribution in [1.82, 2.24) is 14.1 Å². The van der Waals surface area contributed by atoms with Crippen LogP contribution >= 0.6 is 0 Å². The number of nitrogens with zero attached hydrogens (tertiary/aromatic N) is 3. The Morgan fingerprint density at radius 1 is 1.00 bits per heavy atom. The number of esters is 1. The van der Waals surface area contributed by atoms with Crippen LogP contribution in [-0.4, -0.2) is 25.7 Å². The van der Waals surface area contributed by atoms with Crippen LogP contribution in [0.2, 0.25) is 0 Å². The molecular formula is C32H34FN3O4. The SMILES string of the molecule is Cc1ccc(-c2cccc(-n3c(=O)n(C4CCC(CC(=O)OC(C)(C)C)CC4)c(=O)c4cc(F)cnc43)c2)cc1. The van der Waals surface area contributed by atoms with Crippen LogP contribution in [0.3, 0.4) is 0 Å². The Balaban J connectivity index is 1.53. The summed E-state index contributed by atoms with van der Waals surface area (Å²) in [5, 5.41) is 0.0521. The fourth-order valence-electron chi connectivity index (χ4n) is 5.53. The Hall–Kier alpha value is -4.07. The zero-order valence-corrected chi connectivity index (χ0v) is 23.3. The van der Waals surface area contributed by atoms with E-state index in [-0.39, 0.29) is 29.0 Å². The second kappa shape index (κ2) is 10.8. The van der Waals surface area contributed by atoms with Crippen molar-refractivity contribution in [3.8, 4) is 16.8 Å². The molecule has 4 aromatic rings. The lowest BCUT2D eigenvalue weighted by Crippen LogP contribution is -2.43. The highest BCUT2D eigenvalue weighted by Crippen LogP contribution is 2.33. The fourth-order valence-corrected chi connectivity index (χ4v) is 5.53. The number of carbonyl (C=O) groups excluding carboxylic acids is 1. The average molecular weight is 544 g/mol. The van der Waals surface area contributed by atoms with Crippen LogP contribution in [0, 0.1) is 18.7 Å². The molecule has 0 saturated heterocycles. The molecule has 0 bridgehead atoms. The molecule has 0 N–H and O–H groups in total. The zero-order chi connectivity index (χ0) is 28.6. The normalized spacial score (nSPS) is 17.6. The van der Waals surface area contributed by atoms with Gasteiger partial charge in [-0.2, -0.15) is 0 Å². The van der Waals surface area contributed by atoms with Crippen LogP contribution in [0.4, 0.5) is 4.39 Å². The number of rotatable bonds is 5. The van der Waals surface area contributed by atoms with E-state index in [0.717, 1.165) is 29.0 Å². The van der Waals surface area contributed by atoms with Crippen LogP contribution in [0.1, 0.15) is 64.5 Å². The lowest BCUT2D eigenvalue weighted by Gasteiger charge is -2.30. The minimum atomic E-state index is -0.643. The van der Waals surface area contributed by atoms with E-state index in [1.807, 2.05) is 70.2 Å². The molecule has 7 nitrogen and oxygen atoms in total. The molecule has 0 spiro atoms. The molecule has 40 heavy (non-hydrogen) atoms. The number of aromatic nitrogens is 3. The number of halogens is 1. The molecule has 2 heterocycles. The Morgan fingerprint density at radius 3 is 2.38 bits per heavy atom. The van der Waals surface area contributed by atoms with Gasteiger partial charge in [0.05, 0.1) is 17.3 Å². The lowest BCUT2D eigenvalue weighted by molar-refractivity contribution is -0.156. The summed E-state index contributed by atoms with van der Waals surface area (Å²) in [4.78, 5) is 44.1. The van der Waals surface area contributed by atoms with Gasteiger partial charge >= 0.3 is 11.7 Å². The van der Waals surface area contributed by atoms with Gasteiger partial charge in [-0.15, -0.1) is 0 Å². The number of aryl methyl sites for hydroxylation is 1. The van der Waals surface area contributed by atoms with Gasteiger partial charge < -0.3 is 4.74 Å². The summed E-state index contributed by atoms with van der Waals surface area (Å²) in [6, 6.07) is 16.3. The molecule has 2 aromatic carbocycles. The highest BCUT2D eigenvalue weighted by molar-refractivity contribution is 5.76. The average Bonchev–Trinajstić information content (AvgIpc) is 2.90. The molecule has 208 valence electrons. The lowest BCUT2D eigenvalue weighted by atomic mass is 9.84. The number of fused-ring (bicyclic) bond motifs is 1. The van der Waals surface area contributed by atoms with Crippen molar-refractivity contribution in [2.45, 2.75) is 71.4 Å². The molecule has 0 amide bonds. The standard InChI is InChI=1S/C32H34FN3O4/c1-20-8-12-22(13-9-20)23-6-5-7-26(17-23)35-29-27(18-24(33)19-34-29)30(38)36(31(35)39)25-14-10-21(11-15-25)16-28(37)40-32(2,3)4/h5-9,12-13,17-19,21,25H,10-11,14-16H2,1-4H3. The Labute approximate surface area is 232 Å². The highest BCUT2D eigenvalue weighted by Gasteiger charge is 2.29. The number of hydrogen-bond donors (Lipinski definition) is 0. The second-order valence-electron chi connectivity index (χ2n) is 11.7. The van der Waals surface area contributed by atoms with Gasteiger partial charge in [-0.05, 0) is 88.6 Å². The Morgan fingerprint density at radius 2 is 1.70 bits per heavy atom. The Kier molecular flexibility index (Phi) is 7.45. The predicted molar refractivity (Wildman–Crippen MR) is 153 cm³/mol. The van der Waals surface area contributed by atoms with Gasteiger partial charge in [0, 0.05) is 12.5 Å². The molecule has 0 atom stereocenters. The van der Waals surface area contributed by atoms with Crippen molar-refractivity contribution in [3.63, 3.8) is 0 Å². The van der Waals surface area contributed by atoms with E-state index < -0.39 is 22.7 Å².